The van der Waals surface area contributed by atoms with E-state index in [1.807, 2.05) is 26.8 Å². The second-order valence-electron chi connectivity index (χ2n) is 6.47. The molecule has 128 valence electrons. The molecule has 0 bridgehead atoms. The smallest absolute Gasteiger partial charge is 0.269 e. The van der Waals surface area contributed by atoms with Crippen LogP contribution in [0.1, 0.15) is 40.4 Å². The number of hydrogen-bond acceptors (Lipinski definition) is 5. The van der Waals surface area contributed by atoms with Gasteiger partial charge >= 0.3 is 0 Å². The lowest BCUT2D eigenvalue weighted by molar-refractivity contribution is 0.0923. The number of hydrogen-bond donors (Lipinski definition) is 1. The Balaban J connectivity index is 1.70. The Bertz CT molecular complexity index is 754. The molecule has 2 aromatic heterocycles. The zero-order chi connectivity index (χ0) is 17.3. The van der Waals surface area contributed by atoms with Crippen molar-refractivity contribution in [3.8, 4) is 0 Å². The third kappa shape index (κ3) is 3.39. The zero-order valence-electron chi connectivity index (χ0n) is 14.7. The highest BCUT2D eigenvalue weighted by Gasteiger charge is 2.25. The summed E-state index contributed by atoms with van der Waals surface area (Å²) in [5.41, 5.74) is 3.27. The number of anilines is 1. The number of nitrogens with one attached hydrogen (secondary N) is 1. The SMILES string of the molecule is Cc1cnc(C)c(N2CCCC(NC(=O)c3cc(C)nn3C)C2)n1. The van der Waals surface area contributed by atoms with Crippen molar-refractivity contribution < 1.29 is 4.79 Å². The average molecular weight is 328 g/mol. The highest BCUT2D eigenvalue weighted by molar-refractivity contribution is 5.92. The molecule has 1 unspecified atom stereocenters. The summed E-state index contributed by atoms with van der Waals surface area (Å²) in [5, 5.41) is 7.37. The normalized spacial score (nSPS) is 17.8. The summed E-state index contributed by atoms with van der Waals surface area (Å²) in [6, 6.07) is 1.91. The van der Waals surface area contributed by atoms with Crippen molar-refractivity contribution >= 4 is 11.7 Å². The van der Waals surface area contributed by atoms with Crippen molar-refractivity contribution in [3.63, 3.8) is 0 Å². The number of aromatic nitrogens is 4. The predicted octanol–water partition coefficient (Wildman–Crippen LogP) is 1.53. The molecule has 1 aliphatic rings. The first kappa shape index (κ1) is 16.4. The Kier molecular flexibility index (Phi) is 4.51. The molecular formula is C17H24N6O. The summed E-state index contributed by atoms with van der Waals surface area (Å²) in [5.74, 6) is 0.849. The molecule has 7 nitrogen and oxygen atoms in total. The van der Waals surface area contributed by atoms with Gasteiger partial charge in [0.2, 0.25) is 0 Å². The molecule has 0 spiro atoms. The molecule has 0 aromatic carbocycles. The lowest BCUT2D eigenvalue weighted by Gasteiger charge is -2.34. The molecule has 0 aliphatic carbocycles. The fourth-order valence-corrected chi connectivity index (χ4v) is 3.19. The van der Waals surface area contributed by atoms with Gasteiger partial charge in [-0.3, -0.25) is 14.5 Å². The van der Waals surface area contributed by atoms with E-state index < -0.39 is 0 Å². The highest BCUT2D eigenvalue weighted by Crippen LogP contribution is 2.21. The molecule has 3 rings (SSSR count). The first-order valence-electron chi connectivity index (χ1n) is 8.30. The van der Waals surface area contributed by atoms with E-state index >= 15 is 0 Å². The highest BCUT2D eigenvalue weighted by atomic mass is 16.2. The zero-order valence-corrected chi connectivity index (χ0v) is 14.7. The molecule has 3 heterocycles. The largest absolute Gasteiger partial charge is 0.353 e. The van der Waals surface area contributed by atoms with Gasteiger partial charge in [0.15, 0.2) is 0 Å². The van der Waals surface area contributed by atoms with E-state index in [0.29, 0.717) is 5.69 Å². The van der Waals surface area contributed by atoms with Crippen LogP contribution in [-0.4, -0.2) is 44.8 Å². The fraction of sp³-hybridized carbons (Fsp3) is 0.529. The van der Waals surface area contributed by atoms with Crippen molar-refractivity contribution in [1.29, 1.82) is 0 Å². The number of piperidine rings is 1. The maximum absolute atomic E-state index is 12.5. The third-order valence-corrected chi connectivity index (χ3v) is 4.34. The second-order valence-corrected chi connectivity index (χ2v) is 6.47. The van der Waals surface area contributed by atoms with Crippen molar-refractivity contribution in [2.75, 3.05) is 18.0 Å². The summed E-state index contributed by atoms with van der Waals surface area (Å²) in [6.45, 7) is 7.50. The van der Waals surface area contributed by atoms with Crippen LogP contribution in [0.5, 0.6) is 0 Å². The lowest BCUT2D eigenvalue weighted by Crippen LogP contribution is -2.48. The first-order chi connectivity index (χ1) is 11.4. The van der Waals surface area contributed by atoms with Crippen LogP contribution in [0.15, 0.2) is 12.3 Å². The van der Waals surface area contributed by atoms with Crippen molar-refractivity contribution in [2.45, 2.75) is 39.7 Å². The quantitative estimate of drug-likeness (QED) is 0.925. The Morgan fingerprint density at radius 2 is 2.08 bits per heavy atom. The molecule has 1 amide bonds. The summed E-state index contributed by atoms with van der Waals surface area (Å²) >= 11 is 0. The molecule has 0 saturated carbocycles. The van der Waals surface area contributed by atoms with Gasteiger partial charge in [0.1, 0.15) is 11.5 Å². The topological polar surface area (TPSA) is 75.9 Å². The minimum absolute atomic E-state index is 0.0722. The molecular weight excluding hydrogens is 304 g/mol. The van der Waals surface area contributed by atoms with Crippen LogP contribution in [0.2, 0.25) is 0 Å². The van der Waals surface area contributed by atoms with E-state index in [9.17, 15) is 4.79 Å². The Morgan fingerprint density at radius 1 is 1.29 bits per heavy atom. The van der Waals surface area contributed by atoms with Crippen LogP contribution in [0.4, 0.5) is 5.82 Å². The van der Waals surface area contributed by atoms with E-state index in [4.69, 9.17) is 0 Å². The Morgan fingerprint density at radius 3 is 2.79 bits per heavy atom. The number of rotatable bonds is 3. The third-order valence-electron chi connectivity index (χ3n) is 4.34. The second kappa shape index (κ2) is 6.59. The van der Waals surface area contributed by atoms with Crippen molar-refractivity contribution in [2.24, 2.45) is 7.05 Å². The van der Waals surface area contributed by atoms with Gasteiger partial charge in [-0.1, -0.05) is 0 Å². The van der Waals surface area contributed by atoms with Gasteiger partial charge in [-0.25, -0.2) is 4.98 Å². The van der Waals surface area contributed by atoms with Crippen LogP contribution in [-0.2, 0) is 7.05 Å². The predicted molar refractivity (Wildman–Crippen MR) is 92.2 cm³/mol. The molecule has 1 aliphatic heterocycles. The molecule has 7 heteroatoms. The maximum Gasteiger partial charge on any atom is 0.269 e. The lowest BCUT2D eigenvalue weighted by atomic mass is 10.1. The van der Waals surface area contributed by atoms with Crippen LogP contribution < -0.4 is 10.2 Å². The van der Waals surface area contributed by atoms with Gasteiger partial charge < -0.3 is 10.2 Å². The summed E-state index contributed by atoms with van der Waals surface area (Å²) in [6.07, 6.45) is 3.77. The van der Waals surface area contributed by atoms with Crippen LogP contribution in [0.3, 0.4) is 0 Å². The van der Waals surface area contributed by atoms with E-state index in [0.717, 1.165) is 48.8 Å². The van der Waals surface area contributed by atoms with Crippen molar-refractivity contribution in [3.05, 3.63) is 35.0 Å². The number of amides is 1. The maximum atomic E-state index is 12.5. The standard InChI is InChI=1S/C17H24N6O/c1-11-8-15(22(4)21-11)17(24)20-14-6-5-7-23(10-14)16-13(3)18-9-12(2)19-16/h8-9,14H,5-7,10H2,1-4H3,(H,20,24). The van der Waals surface area contributed by atoms with Gasteiger partial charge in [0.05, 0.1) is 17.1 Å². The minimum atomic E-state index is -0.0722. The molecule has 0 radical (unpaired) electrons. The number of nitrogens with zero attached hydrogens (tertiary/aromatic N) is 5. The molecule has 2 aromatic rings. The molecule has 1 saturated heterocycles. The fourth-order valence-electron chi connectivity index (χ4n) is 3.19. The molecule has 1 N–H and O–H groups in total. The van der Waals surface area contributed by atoms with Gasteiger partial charge in [0.25, 0.3) is 5.91 Å². The molecule has 1 fully saturated rings. The van der Waals surface area contributed by atoms with Crippen LogP contribution >= 0.6 is 0 Å². The van der Waals surface area contributed by atoms with Crippen LogP contribution in [0.25, 0.3) is 0 Å². The Hall–Kier alpha value is -2.44. The molecule has 1 atom stereocenters. The summed E-state index contributed by atoms with van der Waals surface area (Å²) < 4.78 is 1.63. The van der Waals surface area contributed by atoms with E-state index in [1.165, 1.54) is 0 Å². The first-order valence-corrected chi connectivity index (χ1v) is 8.30. The molecule has 24 heavy (non-hydrogen) atoms. The number of aryl methyl sites for hydroxylation is 4. The van der Waals surface area contributed by atoms with Gasteiger partial charge in [-0.2, -0.15) is 5.10 Å². The van der Waals surface area contributed by atoms with Crippen molar-refractivity contribution in [1.82, 2.24) is 25.1 Å². The summed E-state index contributed by atoms with van der Waals surface area (Å²) in [7, 11) is 1.79. The Labute approximate surface area is 142 Å². The number of carbonyl (C=O) groups excluding carboxylic acids is 1. The monoisotopic (exact) mass is 328 g/mol. The van der Waals surface area contributed by atoms with Gasteiger partial charge in [-0.15, -0.1) is 0 Å². The van der Waals surface area contributed by atoms with Gasteiger partial charge in [0, 0.05) is 32.4 Å². The number of carbonyl (C=O) groups is 1. The van der Waals surface area contributed by atoms with E-state index in [2.05, 4.69) is 25.3 Å². The average Bonchev–Trinajstić information content (AvgIpc) is 2.88. The summed E-state index contributed by atoms with van der Waals surface area (Å²) in [4.78, 5) is 23.7. The minimum Gasteiger partial charge on any atom is -0.353 e. The van der Waals surface area contributed by atoms with Crippen LogP contribution in [0, 0.1) is 20.8 Å². The van der Waals surface area contributed by atoms with E-state index in [-0.39, 0.29) is 11.9 Å². The van der Waals surface area contributed by atoms with Gasteiger partial charge in [-0.05, 0) is 39.7 Å². The van der Waals surface area contributed by atoms with E-state index in [1.54, 1.807) is 17.9 Å².